The molecular weight excluding hydrogens is 324 g/mol. The Bertz CT molecular complexity index is 1180. The van der Waals surface area contributed by atoms with Crippen LogP contribution in [-0.2, 0) is 0 Å². The van der Waals surface area contributed by atoms with E-state index in [1.165, 1.54) is 42.1 Å². The van der Waals surface area contributed by atoms with Gasteiger partial charge in [0.05, 0.1) is 7.11 Å². The molecule has 5 rings (SSSR count). The molecule has 0 spiro atoms. The molecule has 5 aromatic carbocycles. The maximum absolute atomic E-state index is 5.26. The van der Waals surface area contributed by atoms with Crippen LogP contribution in [0.3, 0.4) is 0 Å². The van der Waals surface area contributed by atoms with Crippen LogP contribution in [0.15, 0.2) is 88.7 Å². The summed E-state index contributed by atoms with van der Waals surface area (Å²) in [4.78, 5) is 2.51. The summed E-state index contributed by atoms with van der Waals surface area (Å²) in [6.07, 6.45) is 0. The lowest BCUT2D eigenvalue weighted by molar-refractivity contribution is 0.414. The van der Waals surface area contributed by atoms with Gasteiger partial charge in [0.25, 0.3) is 0 Å². The Morgan fingerprint density at radius 1 is 0.640 bits per heavy atom. The topological polar surface area (TPSA) is 9.23 Å². The molecule has 0 heterocycles. The molecule has 0 saturated carbocycles. The van der Waals surface area contributed by atoms with Crippen molar-refractivity contribution in [3.05, 3.63) is 78.9 Å². The molecule has 0 amide bonds. The van der Waals surface area contributed by atoms with Gasteiger partial charge in [-0.05, 0) is 62.6 Å². The van der Waals surface area contributed by atoms with Gasteiger partial charge in [-0.3, -0.25) is 0 Å². The first kappa shape index (κ1) is 14.6. The summed E-state index contributed by atoms with van der Waals surface area (Å²) in [7, 11) is 1.70. The van der Waals surface area contributed by atoms with E-state index in [0.717, 1.165) is 5.75 Å². The third-order valence-corrected chi connectivity index (χ3v) is 5.86. The van der Waals surface area contributed by atoms with Gasteiger partial charge in [0, 0.05) is 9.79 Å². The first-order chi connectivity index (χ1) is 12.3. The highest BCUT2D eigenvalue weighted by atomic mass is 32.2. The van der Waals surface area contributed by atoms with Crippen LogP contribution < -0.4 is 4.74 Å². The van der Waals surface area contributed by atoms with Crippen LogP contribution in [0.1, 0.15) is 0 Å². The van der Waals surface area contributed by atoms with E-state index >= 15 is 0 Å². The maximum atomic E-state index is 5.26. The molecule has 0 aliphatic carbocycles. The second kappa shape index (κ2) is 5.68. The van der Waals surface area contributed by atoms with E-state index in [1.54, 1.807) is 18.9 Å². The van der Waals surface area contributed by atoms with Crippen molar-refractivity contribution in [3.63, 3.8) is 0 Å². The van der Waals surface area contributed by atoms with Gasteiger partial charge >= 0.3 is 0 Å². The van der Waals surface area contributed by atoms with Crippen LogP contribution in [-0.4, -0.2) is 7.11 Å². The molecule has 2 heteroatoms. The summed E-state index contributed by atoms with van der Waals surface area (Å²) < 4.78 is 5.26. The van der Waals surface area contributed by atoms with Gasteiger partial charge in [-0.25, -0.2) is 0 Å². The van der Waals surface area contributed by atoms with E-state index < -0.39 is 0 Å². The molecule has 25 heavy (non-hydrogen) atoms. The number of ether oxygens (including phenoxy) is 1. The molecule has 0 bridgehead atoms. The minimum atomic E-state index is 0.889. The van der Waals surface area contributed by atoms with Crippen LogP contribution in [0.2, 0.25) is 0 Å². The van der Waals surface area contributed by atoms with Crippen molar-refractivity contribution >= 4 is 44.1 Å². The summed E-state index contributed by atoms with van der Waals surface area (Å²) in [5.74, 6) is 0.889. The Morgan fingerprint density at radius 3 is 2.00 bits per heavy atom. The summed E-state index contributed by atoms with van der Waals surface area (Å²) in [6.45, 7) is 0. The molecule has 0 fully saturated rings. The molecule has 0 aromatic heterocycles. The SMILES string of the molecule is COc1ccc(Sc2ccc3ccc4cccc5ccc2c3c45)cc1. The van der Waals surface area contributed by atoms with Gasteiger partial charge in [0.15, 0.2) is 0 Å². The van der Waals surface area contributed by atoms with Gasteiger partial charge in [-0.2, -0.15) is 0 Å². The lowest BCUT2D eigenvalue weighted by Crippen LogP contribution is -1.86. The first-order valence-corrected chi connectivity index (χ1v) is 9.13. The van der Waals surface area contributed by atoms with Gasteiger partial charge in [-0.15, -0.1) is 0 Å². The third kappa shape index (κ3) is 2.33. The van der Waals surface area contributed by atoms with Crippen molar-refractivity contribution in [2.75, 3.05) is 7.11 Å². The van der Waals surface area contributed by atoms with Crippen molar-refractivity contribution < 1.29 is 4.74 Å². The number of benzene rings is 5. The molecule has 120 valence electrons. The normalized spacial score (nSPS) is 11.6. The van der Waals surface area contributed by atoms with Crippen molar-refractivity contribution in [3.8, 4) is 5.75 Å². The molecule has 0 N–H and O–H groups in total. The highest BCUT2D eigenvalue weighted by Gasteiger charge is 2.11. The molecule has 0 unspecified atom stereocenters. The van der Waals surface area contributed by atoms with Crippen molar-refractivity contribution in [1.82, 2.24) is 0 Å². The molecule has 0 aliphatic heterocycles. The fourth-order valence-corrected chi connectivity index (χ4v) is 4.51. The van der Waals surface area contributed by atoms with Crippen LogP contribution in [0.5, 0.6) is 5.75 Å². The zero-order valence-electron chi connectivity index (χ0n) is 13.8. The van der Waals surface area contributed by atoms with Crippen molar-refractivity contribution in [2.45, 2.75) is 9.79 Å². The standard InChI is InChI=1S/C23H16OS/c1-24-18-9-11-19(12-10-18)25-21-14-8-17-6-5-15-3-2-4-16-7-13-20(21)23(17)22(15)16/h2-14H,1H3. The fourth-order valence-electron chi connectivity index (χ4n) is 3.57. The molecular formula is C23H16OS. The number of hydrogen-bond acceptors (Lipinski definition) is 2. The monoisotopic (exact) mass is 340 g/mol. The van der Waals surface area contributed by atoms with Gasteiger partial charge < -0.3 is 4.74 Å². The maximum Gasteiger partial charge on any atom is 0.118 e. The van der Waals surface area contributed by atoms with Crippen LogP contribution >= 0.6 is 11.8 Å². The van der Waals surface area contributed by atoms with E-state index in [2.05, 4.69) is 66.7 Å². The zero-order chi connectivity index (χ0) is 16.8. The summed E-state index contributed by atoms with van der Waals surface area (Å²) in [5, 5.41) is 7.98. The predicted molar refractivity (Wildman–Crippen MR) is 107 cm³/mol. The molecule has 5 aromatic rings. The van der Waals surface area contributed by atoms with E-state index in [0.29, 0.717) is 0 Å². The Balaban J connectivity index is 1.72. The van der Waals surface area contributed by atoms with E-state index in [4.69, 9.17) is 4.74 Å². The van der Waals surface area contributed by atoms with E-state index in [-0.39, 0.29) is 0 Å². The second-order valence-corrected chi connectivity index (χ2v) is 7.31. The van der Waals surface area contributed by atoms with Gasteiger partial charge in [0.1, 0.15) is 5.75 Å². The van der Waals surface area contributed by atoms with Crippen molar-refractivity contribution in [1.29, 1.82) is 0 Å². The lowest BCUT2D eigenvalue weighted by Gasteiger charge is -2.13. The molecule has 0 radical (unpaired) electrons. The summed E-state index contributed by atoms with van der Waals surface area (Å²) in [5.41, 5.74) is 0. The predicted octanol–water partition coefficient (Wildman–Crippen LogP) is 6.74. The van der Waals surface area contributed by atoms with Crippen molar-refractivity contribution in [2.24, 2.45) is 0 Å². The Labute approximate surface area is 150 Å². The number of methoxy groups -OCH3 is 1. The Kier molecular flexibility index (Phi) is 3.32. The largest absolute Gasteiger partial charge is 0.497 e. The summed E-state index contributed by atoms with van der Waals surface area (Å²) >= 11 is 1.80. The summed E-state index contributed by atoms with van der Waals surface area (Å²) in [6, 6.07) is 28.2. The van der Waals surface area contributed by atoms with Crippen LogP contribution in [0.4, 0.5) is 0 Å². The van der Waals surface area contributed by atoms with Gasteiger partial charge in [0.2, 0.25) is 0 Å². The molecule has 1 nitrogen and oxygen atoms in total. The average molecular weight is 340 g/mol. The highest BCUT2D eigenvalue weighted by molar-refractivity contribution is 7.99. The van der Waals surface area contributed by atoms with E-state index in [9.17, 15) is 0 Å². The quantitative estimate of drug-likeness (QED) is 0.336. The van der Waals surface area contributed by atoms with Gasteiger partial charge in [-0.1, -0.05) is 60.3 Å². The molecule has 0 saturated heterocycles. The minimum absolute atomic E-state index is 0.889. The second-order valence-electron chi connectivity index (χ2n) is 6.20. The smallest absolute Gasteiger partial charge is 0.118 e. The Hall–Kier alpha value is -2.71. The fraction of sp³-hybridized carbons (Fsp3) is 0.0435. The lowest BCUT2D eigenvalue weighted by atomic mass is 9.94. The average Bonchev–Trinajstić information content (AvgIpc) is 2.68. The molecule has 0 atom stereocenters. The van der Waals surface area contributed by atoms with Crippen LogP contribution in [0.25, 0.3) is 32.3 Å². The van der Waals surface area contributed by atoms with Crippen LogP contribution in [0, 0.1) is 0 Å². The first-order valence-electron chi connectivity index (χ1n) is 8.32. The number of hydrogen-bond donors (Lipinski definition) is 0. The number of rotatable bonds is 3. The zero-order valence-corrected chi connectivity index (χ0v) is 14.6. The minimum Gasteiger partial charge on any atom is -0.497 e. The highest BCUT2D eigenvalue weighted by Crippen LogP contribution is 2.40. The third-order valence-electron chi connectivity index (χ3n) is 4.78. The van der Waals surface area contributed by atoms with E-state index in [1.807, 2.05) is 12.1 Å². The molecule has 0 aliphatic rings. The Morgan fingerprint density at radius 2 is 1.28 bits per heavy atom.